The lowest BCUT2D eigenvalue weighted by molar-refractivity contribution is 0.136. The van der Waals surface area contributed by atoms with Crippen LogP contribution in [0.3, 0.4) is 0 Å². The fourth-order valence-electron chi connectivity index (χ4n) is 2.61. The molecule has 1 aromatic rings. The Morgan fingerprint density at radius 1 is 1.53 bits per heavy atom. The summed E-state index contributed by atoms with van der Waals surface area (Å²) in [5.74, 6) is 0. The second-order valence-electron chi connectivity index (χ2n) is 4.55. The molecule has 0 radical (unpaired) electrons. The van der Waals surface area contributed by atoms with Crippen molar-refractivity contribution in [1.29, 1.82) is 0 Å². The summed E-state index contributed by atoms with van der Waals surface area (Å²) in [5.41, 5.74) is 7.53. The predicted octanol–water partition coefficient (Wildman–Crippen LogP) is 3.59. The van der Waals surface area contributed by atoms with Crippen LogP contribution in [0.1, 0.15) is 31.4 Å². The zero-order valence-electron chi connectivity index (χ0n) is 10.00. The molecule has 1 saturated heterocycles. The maximum absolute atomic E-state index is 6.28. The Morgan fingerprint density at radius 3 is 2.94 bits per heavy atom. The molecule has 2 unspecified atom stereocenters. The summed E-state index contributed by atoms with van der Waals surface area (Å²) < 4.78 is 0.950. The number of hydrogen-bond donors (Lipinski definition) is 1. The average Bonchev–Trinajstić information content (AvgIpc) is 2.32. The van der Waals surface area contributed by atoms with Crippen molar-refractivity contribution in [1.82, 2.24) is 4.90 Å². The van der Waals surface area contributed by atoms with E-state index in [4.69, 9.17) is 17.3 Å². The van der Waals surface area contributed by atoms with Crippen LogP contribution in [-0.2, 0) is 0 Å². The first-order valence-corrected chi connectivity index (χ1v) is 7.25. The predicted molar refractivity (Wildman–Crippen MR) is 76.3 cm³/mol. The molecule has 1 heterocycles. The van der Waals surface area contributed by atoms with E-state index in [1.807, 2.05) is 6.07 Å². The van der Waals surface area contributed by atoms with E-state index in [-0.39, 0.29) is 6.04 Å². The van der Waals surface area contributed by atoms with Crippen LogP contribution in [-0.4, -0.2) is 24.0 Å². The van der Waals surface area contributed by atoms with Crippen LogP contribution in [0.25, 0.3) is 0 Å². The van der Waals surface area contributed by atoms with E-state index in [2.05, 4.69) is 39.9 Å². The number of likely N-dealkylation sites (tertiary alicyclic amines) is 1. The standard InChI is InChI=1S/C13H18BrClN2/c1-2-17-7-3-4-12(16)13(17)9-5-6-11(15)10(14)8-9/h5-6,8,12-13H,2-4,7,16H2,1H3. The third kappa shape index (κ3) is 2.84. The van der Waals surface area contributed by atoms with Crippen LogP contribution in [0.2, 0.25) is 5.02 Å². The molecule has 0 aliphatic carbocycles. The molecule has 2 rings (SSSR count). The molecule has 1 aliphatic rings. The number of likely N-dealkylation sites (N-methyl/N-ethyl adjacent to an activating group) is 1. The summed E-state index contributed by atoms with van der Waals surface area (Å²) in [6, 6.07) is 6.67. The van der Waals surface area contributed by atoms with Crippen LogP contribution < -0.4 is 5.73 Å². The summed E-state index contributed by atoms with van der Waals surface area (Å²) in [6.07, 6.45) is 2.29. The quantitative estimate of drug-likeness (QED) is 0.903. The summed E-state index contributed by atoms with van der Waals surface area (Å²) in [5, 5.41) is 0.751. The number of rotatable bonds is 2. The maximum Gasteiger partial charge on any atom is 0.0548 e. The highest BCUT2D eigenvalue weighted by Crippen LogP contribution is 2.33. The third-order valence-corrected chi connectivity index (χ3v) is 4.69. The van der Waals surface area contributed by atoms with Crippen molar-refractivity contribution in [3.63, 3.8) is 0 Å². The molecule has 2 atom stereocenters. The van der Waals surface area contributed by atoms with Crippen molar-refractivity contribution in [2.75, 3.05) is 13.1 Å². The molecule has 0 amide bonds. The van der Waals surface area contributed by atoms with Crippen molar-refractivity contribution in [3.05, 3.63) is 33.3 Å². The molecule has 94 valence electrons. The van der Waals surface area contributed by atoms with Gasteiger partial charge in [-0.3, -0.25) is 4.90 Å². The fourth-order valence-corrected chi connectivity index (χ4v) is 3.12. The van der Waals surface area contributed by atoms with Crippen LogP contribution in [0, 0.1) is 0 Å². The molecule has 4 heteroatoms. The van der Waals surface area contributed by atoms with E-state index in [0.29, 0.717) is 6.04 Å². The summed E-state index contributed by atoms with van der Waals surface area (Å²) in [4.78, 5) is 2.45. The first-order chi connectivity index (χ1) is 8.13. The van der Waals surface area contributed by atoms with E-state index in [1.165, 1.54) is 12.0 Å². The molecule has 0 bridgehead atoms. The molecular weight excluding hydrogens is 300 g/mol. The van der Waals surface area contributed by atoms with Crippen molar-refractivity contribution >= 4 is 27.5 Å². The van der Waals surface area contributed by atoms with Gasteiger partial charge >= 0.3 is 0 Å². The van der Waals surface area contributed by atoms with E-state index >= 15 is 0 Å². The van der Waals surface area contributed by atoms with Gasteiger partial charge in [0, 0.05) is 16.6 Å². The average molecular weight is 318 g/mol. The first kappa shape index (κ1) is 13.3. The summed E-state index contributed by atoms with van der Waals surface area (Å²) >= 11 is 9.52. The number of nitrogens with zero attached hydrogens (tertiary/aromatic N) is 1. The second kappa shape index (κ2) is 5.70. The van der Waals surface area contributed by atoms with Crippen molar-refractivity contribution in [2.24, 2.45) is 5.73 Å². The smallest absolute Gasteiger partial charge is 0.0548 e. The summed E-state index contributed by atoms with van der Waals surface area (Å²) in [7, 11) is 0. The molecule has 0 saturated carbocycles. The van der Waals surface area contributed by atoms with Gasteiger partial charge in [-0.05, 0) is 59.6 Å². The van der Waals surface area contributed by atoms with Gasteiger partial charge in [0.15, 0.2) is 0 Å². The maximum atomic E-state index is 6.28. The summed E-state index contributed by atoms with van der Waals surface area (Å²) in [6.45, 7) is 4.36. The van der Waals surface area contributed by atoms with Gasteiger partial charge in [-0.15, -0.1) is 0 Å². The Kier molecular flexibility index (Phi) is 4.47. The molecule has 0 spiro atoms. The van der Waals surface area contributed by atoms with Crippen LogP contribution in [0.15, 0.2) is 22.7 Å². The molecule has 2 nitrogen and oxygen atoms in total. The Labute approximate surface area is 116 Å². The van der Waals surface area contributed by atoms with E-state index in [9.17, 15) is 0 Å². The van der Waals surface area contributed by atoms with E-state index in [0.717, 1.165) is 29.0 Å². The topological polar surface area (TPSA) is 29.3 Å². The van der Waals surface area contributed by atoms with E-state index in [1.54, 1.807) is 0 Å². The normalized spacial score (nSPS) is 26.1. The third-order valence-electron chi connectivity index (χ3n) is 3.47. The minimum absolute atomic E-state index is 0.219. The Hall–Kier alpha value is -0.0900. The first-order valence-electron chi connectivity index (χ1n) is 6.08. The van der Waals surface area contributed by atoms with Crippen molar-refractivity contribution in [2.45, 2.75) is 31.8 Å². The van der Waals surface area contributed by atoms with Crippen LogP contribution in [0.5, 0.6) is 0 Å². The highest BCUT2D eigenvalue weighted by molar-refractivity contribution is 9.10. The molecular formula is C13H18BrClN2. The zero-order chi connectivity index (χ0) is 12.4. The van der Waals surface area contributed by atoms with Gasteiger partial charge in [-0.25, -0.2) is 0 Å². The van der Waals surface area contributed by atoms with Gasteiger partial charge in [-0.2, -0.15) is 0 Å². The monoisotopic (exact) mass is 316 g/mol. The number of halogens is 2. The van der Waals surface area contributed by atoms with Gasteiger partial charge in [0.2, 0.25) is 0 Å². The van der Waals surface area contributed by atoms with Crippen molar-refractivity contribution in [3.8, 4) is 0 Å². The molecule has 1 aliphatic heterocycles. The van der Waals surface area contributed by atoms with Gasteiger partial charge < -0.3 is 5.73 Å². The van der Waals surface area contributed by atoms with Crippen molar-refractivity contribution < 1.29 is 0 Å². The largest absolute Gasteiger partial charge is 0.326 e. The van der Waals surface area contributed by atoms with Gasteiger partial charge in [-0.1, -0.05) is 24.6 Å². The number of benzene rings is 1. The highest BCUT2D eigenvalue weighted by Gasteiger charge is 2.29. The van der Waals surface area contributed by atoms with Gasteiger partial charge in [0.05, 0.1) is 5.02 Å². The molecule has 2 N–H and O–H groups in total. The van der Waals surface area contributed by atoms with Crippen LogP contribution >= 0.6 is 27.5 Å². The SMILES string of the molecule is CCN1CCCC(N)C1c1ccc(Cl)c(Br)c1. The van der Waals surface area contributed by atoms with E-state index < -0.39 is 0 Å². The fraction of sp³-hybridized carbons (Fsp3) is 0.538. The number of hydrogen-bond acceptors (Lipinski definition) is 2. The molecule has 1 aromatic carbocycles. The highest BCUT2D eigenvalue weighted by atomic mass is 79.9. The lowest BCUT2D eigenvalue weighted by Gasteiger charge is -2.39. The lowest BCUT2D eigenvalue weighted by atomic mass is 9.91. The minimum atomic E-state index is 0.219. The molecule has 0 aromatic heterocycles. The van der Waals surface area contributed by atoms with Gasteiger partial charge in [0.25, 0.3) is 0 Å². The Balaban J connectivity index is 2.31. The van der Waals surface area contributed by atoms with Gasteiger partial charge in [0.1, 0.15) is 0 Å². The number of piperidine rings is 1. The molecule has 1 fully saturated rings. The lowest BCUT2D eigenvalue weighted by Crippen LogP contribution is -2.45. The second-order valence-corrected chi connectivity index (χ2v) is 5.81. The zero-order valence-corrected chi connectivity index (χ0v) is 12.3. The Morgan fingerprint density at radius 2 is 2.29 bits per heavy atom. The Bertz CT molecular complexity index is 397. The molecule has 17 heavy (non-hydrogen) atoms. The van der Waals surface area contributed by atoms with Crippen LogP contribution in [0.4, 0.5) is 0 Å². The number of nitrogens with two attached hydrogens (primary N) is 1. The minimum Gasteiger partial charge on any atom is -0.326 e.